The minimum absolute atomic E-state index is 0.142. The largest absolute Gasteiger partial charge is 0.491 e. The topological polar surface area (TPSA) is 78.3 Å². The van der Waals surface area contributed by atoms with E-state index in [0.29, 0.717) is 5.75 Å². The predicted molar refractivity (Wildman–Crippen MR) is 108 cm³/mol. The van der Waals surface area contributed by atoms with Crippen LogP contribution in [0.3, 0.4) is 0 Å². The van der Waals surface area contributed by atoms with Crippen molar-refractivity contribution in [2.24, 2.45) is 0 Å². The van der Waals surface area contributed by atoms with E-state index in [1.165, 1.54) is 5.69 Å². The molecule has 0 spiro atoms. The molecule has 4 rings (SSSR count). The molecule has 152 valence electrons. The number of likely N-dealkylation sites (N-methyl/N-ethyl adjacent to an activating group) is 1. The minimum Gasteiger partial charge on any atom is -0.491 e. The maximum atomic E-state index is 9.90. The summed E-state index contributed by atoms with van der Waals surface area (Å²) in [5.74, 6) is 0.690. The number of benzene rings is 1. The fourth-order valence-electron chi connectivity index (χ4n) is 3.82. The van der Waals surface area contributed by atoms with Crippen molar-refractivity contribution in [3.8, 4) is 5.75 Å². The van der Waals surface area contributed by atoms with Crippen molar-refractivity contribution in [2.45, 2.75) is 31.7 Å². The van der Waals surface area contributed by atoms with Gasteiger partial charge in [0.2, 0.25) is 0 Å². The van der Waals surface area contributed by atoms with Crippen LogP contribution in [-0.2, 0) is 11.2 Å². The molecule has 0 saturated carbocycles. The third kappa shape index (κ3) is 3.93. The Hall–Kier alpha value is -1.93. The summed E-state index contributed by atoms with van der Waals surface area (Å²) < 4.78 is 11.2. The van der Waals surface area contributed by atoms with Gasteiger partial charge in [-0.15, -0.1) is 0 Å². The van der Waals surface area contributed by atoms with Crippen LogP contribution in [0.15, 0.2) is 24.3 Å². The van der Waals surface area contributed by atoms with E-state index in [9.17, 15) is 10.2 Å². The molecule has 0 amide bonds. The summed E-state index contributed by atoms with van der Waals surface area (Å²) in [6.07, 6.45) is -1.39. The van der Waals surface area contributed by atoms with Crippen molar-refractivity contribution >= 4 is 16.6 Å². The molecule has 0 radical (unpaired) electrons. The zero-order chi connectivity index (χ0) is 19.7. The van der Waals surface area contributed by atoms with Crippen LogP contribution in [0.5, 0.6) is 5.75 Å². The third-order valence-electron chi connectivity index (χ3n) is 5.69. The number of anilines is 1. The third-order valence-corrected chi connectivity index (χ3v) is 5.69. The highest BCUT2D eigenvalue weighted by Crippen LogP contribution is 2.31. The fourth-order valence-corrected chi connectivity index (χ4v) is 3.82. The molecule has 7 heteroatoms. The highest BCUT2D eigenvalue weighted by Gasteiger charge is 2.35. The first-order valence-electron chi connectivity index (χ1n) is 10.0. The summed E-state index contributed by atoms with van der Waals surface area (Å²) in [6, 6.07) is 8.16. The molecule has 0 aliphatic carbocycles. The quantitative estimate of drug-likeness (QED) is 0.794. The average Bonchev–Trinajstić information content (AvgIpc) is 3.04. The summed E-state index contributed by atoms with van der Waals surface area (Å²) in [5, 5.41) is 20.6. The molecule has 7 nitrogen and oxygen atoms in total. The van der Waals surface area contributed by atoms with Gasteiger partial charge >= 0.3 is 0 Å². The Bertz CT molecular complexity index is 823. The van der Waals surface area contributed by atoms with Gasteiger partial charge < -0.3 is 29.5 Å². The second-order valence-corrected chi connectivity index (χ2v) is 7.70. The molecule has 1 aromatic carbocycles. The van der Waals surface area contributed by atoms with Gasteiger partial charge in [-0.25, -0.2) is 0 Å². The maximum Gasteiger partial charge on any atom is 0.121 e. The number of aliphatic hydroxyl groups excluding tert-OH is 2. The second kappa shape index (κ2) is 8.21. The van der Waals surface area contributed by atoms with Crippen LogP contribution in [0.4, 0.5) is 5.69 Å². The average molecular weight is 387 g/mol. The number of piperazine rings is 1. The van der Waals surface area contributed by atoms with Gasteiger partial charge in [-0.2, -0.15) is 0 Å². The van der Waals surface area contributed by atoms with Gasteiger partial charge in [-0.3, -0.25) is 4.98 Å². The van der Waals surface area contributed by atoms with Crippen LogP contribution in [0.2, 0.25) is 0 Å². The van der Waals surface area contributed by atoms with Gasteiger partial charge in [0, 0.05) is 49.0 Å². The van der Waals surface area contributed by atoms with Crippen LogP contribution in [0.25, 0.3) is 10.9 Å². The Morgan fingerprint density at radius 1 is 1.18 bits per heavy atom. The molecule has 2 fully saturated rings. The van der Waals surface area contributed by atoms with E-state index in [-0.39, 0.29) is 13.2 Å². The molecule has 3 heterocycles. The summed E-state index contributed by atoms with van der Waals surface area (Å²) in [5.41, 5.74) is 3.22. The lowest BCUT2D eigenvalue weighted by Crippen LogP contribution is -2.44. The van der Waals surface area contributed by atoms with E-state index in [1.54, 1.807) is 0 Å². The van der Waals surface area contributed by atoms with Gasteiger partial charge in [-0.05, 0) is 31.7 Å². The Morgan fingerprint density at radius 3 is 2.64 bits per heavy atom. The van der Waals surface area contributed by atoms with Crippen LogP contribution in [0, 0.1) is 0 Å². The van der Waals surface area contributed by atoms with Crippen molar-refractivity contribution in [3.05, 3.63) is 30.0 Å². The summed E-state index contributed by atoms with van der Waals surface area (Å²) >= 11 is 0. The Balaban J connectivity index is 1.56. The number of aryl methyl sites for hydroxylation is 1. The SMILES string of the molecule is CCc1cc(N2CCN(C)CC2)c2ccc(OCC3OCC(O)C3O)cc2n1. The molecule has 2 saturated heterocycles. The van der Waals surface area contributed by atoms with Crippen LogP contribution < -0.4 is 9.64 Å². The molecule has 2 aromatic rings. The Kier molecular flexibility index (Phi) is 5.68. The number of aromatic nitrogens is 1. The van der Waals surface area contributed by atoms with Crippen molar-refractivity contribution < 1.29 is 19.7 Å². The Morgan fingerprint density at radius 2 is 1.96 bits per heavy atom. The van der Waals surface area contributed by atoms with Crippen LogP contribution >= 0.6 is 0 Å². The first-order chi connectivity index (χ1) is 13.5. The van der Waals surface area contributed by atoms with E-state index in [2.05, 4.69) is 35.9 Å². The molecule has 2 N–H and O–H groups in total. The lowest BCUT2D eigenvalue weighted by atomic mass is 10.1. The molecule has 2 aliphatic rings. The lowest BCUT2D eigenvalue weighted by Gasteiger charge is -2.34. The highest BCUT2D eigenvalue weighted by atomic mass is 16.6. The lowest BCUT2D eigenvalue weighted by molar-refractivity contribution is -0.0000675. The Labute approximate surface area is 165 Å². The van der Waals surface area contributed by atoms with Crippen molar-refractivity contribution in [1.29, 1.82) is 0 Å². The number of nitrogens with zero attached hydrogens (tertiary/aromatic N) is 3. The highest BCUT2D eigenvalue weighted by molar-refractivity contribution is 5.93. The van der Waals surface area contributed by atoms with Gasteiger partial charge in [-0.1, -0.05) is 6.92 Å². The molecule has 28 heavy (non-hydrogen) atoms. The molecule has 3 atom stereocenters. The van der Waals surface area contributed by atoms with Crippen LogP contribution in [0.1, 0.15) is 12.6 Å². The van der Waals surface area contributed by atoms with E-state index < -0.39 is 18.3 Å². The maximum absolute atomic E-state index is 9.90. The first-order valence-corrected chi connectivity index (χ1v) is 10.0. The fraction of sp³-hybridized carbons (Fsp3) is 0.571. The monoisotopic (exact) mass is 387 g/mol. The number of fused-ring (bicyclic) bond motifs is 1. The predicted octanol–water partition coefficient (Wildman–Crippen LogP) is 1.05. The second-order valence-electron chi connectivity index (χ2n) is 7.70. The van der Waals surface area contributed by atoms with Gasteiger partial charge in [0.1, 0.15) is 30.7 Å². The number of ether oxygens (including phenoxy) is 2. The zero-order valence-corrected chi connectivity index (χ0v) is 16.5. The van der Waals surface area contributed by atoms with Crippen molar-refractivity contribution in [1.82, 2.24) is 9.88 Å². The summed E-state index contributed by atoms with van der Waals surface area (Å²) in [4.78, 5) is 9.58. The molecule has 1 aromatic heterocycles. The number of pyridine rings is 1. The zero-order valence-electron chi connectivity index (χ0n) is 16.5. The first kappa shape index (κ1) is 19.4. The van der Waals surface area contributed by atoms with Crippen molar-refractivity contribution in [2.75, 3.05) is 51.3 Å². The van der Waals surface area contributed by atoms with E-state index in [1.807, 2.05) is 12.1 Å². The number of hydrogen-bond acceptors (Lipinski definition) is 7. The van der Waals surface area contributed by atoms with E-state index >= 15 is 0 Å². The number of hydrogen-bond donors (Lipinski definition) is 2. The minimum atomic E-state index is -0.908. The molecule has 2 aliphatic heterocycles. The molecule has 3 unspecified atom stereocenters. The van der Waals surface area contributed by atoms with Gasteiger partial charge in [0.15, 0.2) is 0 Å². The van der Waals surface area contributed by atoms with E-state index in [0.717, 1.165) is 49.2 Å². The summed E-state index contributed by atoms with van der Waals surface area (Å²) in [7, 11) is 2.16. The smallest absolute Gasteiger partial charge is 0.121 e. The normalized spacial score (nSPS) is 26.1. The molecule has 0 bridgehead atoms. The standard InChI is InChI=1S/C21H29N3O4/c1-3-14-10-18(24-8-6-23(2)7-9-24)16-5-4-15(11-17(16)22-14)27-13-20-21(26)19(25)12-28-20/h4-5,10-11,19-21,25-26H,3,6-9,12-13H2,1-2H3. The molecular formula is C21H29N3O4. The number of rotatable bonds is 5. The van der Waals surface area contributed by atoms with Crippen LogP contribution in [-0.4, -0.2) is 84.8 Å². The van der Waals surface area contributed by atoms with Crippen molar-refractivity contribution in [3.63, 3.8) is 0 Å². The van der Waals surface area contributed by atoms with Gasteiger partial charge in [0.05, 0.1) is 12.1 Å². The number of aliphatic hydroxyl groups is 2. The summed E-state index contributed by atoms with van der Waals surface area (Å²) in [6.45, 7) is 6.59. The molecular weight excluding hydrogens is 358 g/mol. The van der Waals surface area contributed by atoms with E-state index in [4.69, 9.17) is 14.5 Å². The van der Waals surface area contributed by atoms with Gasteiger partial charge in [0.25, 0.3) is 0 Å².